The Morgan fingerprint density at radius 2 is 1.88 bits per heavy atom. The maximum absolute atomic E-state index is 13.0. The van der Waals surface area contributed by atoms with Crippen LogP contribution in [-0.2, 0) is 14.8 Å². The summed E-state index contributed by atoms with van der Waals surface area (Å²) in [5.74, 6) is -0.581. The van der Waals surface area contributed by atoms with E-state index in [1.54, 1.807) is 13.0 Å². The number of sulfonamides is 1. The van der Waals surface area contributed by atoms with Crippen molar-refractivity contribution in [2.75, 3.05) is 32.7 Å². The van der Waals surface area contributed by atoms with Gasteiger partial charge in [-0.15, -0.1) is 6.58 Å². The van der Waals surface area contributed by atoms with Gasteiger partial charge in [0.05, 0.1) is 10.9 Å². The lowest BCUT2D eigenvalue weighted by Crippen LogP contribution is -2.54. The summed E-state index contributed by atoms with van der Waals surface area (Å²) < 4.78 is 39.4. The van der Waals surface area contributed by atoms with Gasteiger partial charge in [0.2, 0.25) is 15.9 Å². The molecular formula is C16H22FN3O3S. The third-order valence-corrected chi connectivity index (χ3v) is 5.99. The summed E-state index contributed by atoms with van der Waals surface area (Å²) in [4.78, 5) is 14.0. The number of nitrogens with one attached hydrogen (secondary N) is 1. The molecule has 2 rings (SSSR count). The Morgan fingerprint density at radius 1 is 1.29 bits per heavy atom. The van der Waals surface area contributed by atoms with Crippen molar-refractivity contribution in [1.82, 2.24) is 14.5 Å². The Hall–Kier alpha value is -1.77. The predicted octanol–water partition coefficient (Wildman–Crippen LogP) is 0.823. The van der Waals surface area contributed by atoms with Crippen LogP contribution in [0.15, 0.2) is 41.8 Å². The average molecular weight is 355 g/mol. The zero-order chi connectivity index (χ0) is 17.7. The van der Waals surface area contributed by atoms with E-state index in [0.29, 0.717) is 32.7 Å². The molecule has 6 nitrogen and oxygen atoms in total. The Morgan fingerprint density at radius 3 is 2.42 bits per heavy atom. The van der Waals surface area contributed by atoms with Gasteiger partial charge in [0.15, 0.2) is 0 Å². The minimum atomic E-state index is -3.64. The number of nitrogens with zero attached hydrogens (tertiary/aromatic N) is 2. The van der Waals surface area contributed by atoms with Gasteiger partial charge in [0, 0.05) is 32.7 Å². The molecule has 0 aromatic heterocycles. The van der Waals surface area contributed by atoms with Gasteiger partial charge in [-0.3, -0.25) is 9.69 Å². The van der Waals surface area contributed by atoms with E-state index in [2.05, 4.69) is 11.9 Å². The summed E-state index contributed by atoms with van der Waals surface area (Å²) in [6.07, 6.45) is 1.61. The molecule has 132 valence electrons. The Balaban J connectivity index is 1.98. The standard InChI is InChI=1S/C16H22FN3O3S/c1-3-8-18-16(21)13(2)19-9-11-20(12-10-19)24(22,23)15-6-4-14(17)5-7-15/h3-7,13H,1,8-12H2,2H3,(H,18,21)/t13-/m0/s1. The average Bonchev–Trinajstić information content (AvgIpc) is 2.59. The lowest BCUT2D eigenvalue weighted by molar-refractivity contribution is -0.126. The van der Waals surface area contributed by atoms with E-state index < -0.39 is 15.8 Å². The first-order valence-electron chi connectivity index (χ1n) is 7.74. The van der Waals surface area contributed by atoms with Gasteiger partial charge in [-0.2, -0.15) is 4.31 Å². The smallest absolute Gasteiger partial charge is 0.243 e. The van der Waals surface area contributed by atoms with Crippen molar-refractivity contribution in [3.05, 3.63) is 42.7 Å². The lowest BCUT2D eigenvalue weighted by Gasteiger charge is -2.36. The number of rotatable bonds is 6. The van der Waals surface area contributed by atoms with Gasteiger partial charge in [-0.25, -0.2) is 12.8 Å². The maximum Gasteiger partial charge on any atom is 0.243 e. The fourth-order valence-corrected chi connectivity index (χ4v) is 4.00. The SMILES string of the molecule is C=CCNC(=O)[C@H](C)N1CCN(S(=O)(=O)c2ccc(F)cc2)CC1. The summed E-state index contributed by atoms with van der Waals surface area (Å²) in [6, 6.07) is 4.47. The molecule has 8 heteroatoms. The number of hydrogen-bond donors (Lipinski definition) is 1. The van der Waals surface area contributed by atoms with E-state index in [1.165, 1.54) is 16.4 Å². The fourth-order valence-electron chi connectivity index (χ4n) is 2.57. The zero-order valence-corrected chi connectivity index (χ0v) is 14.4. The van der Waals surface area contributed by atoms with E-state index in [1.807, 2.05) is 4.90 Å². The number of carbonyl (C=O) groups is 1. The number of benzene rings is 1. The first-order chi connectivity index (χ1) is 11.4. The van der Waals surface area contributed by atoms with E-state index in [-0.39, 0.29) is 16.8 Å². The molecule has 0 aliphatic carbocycles. The molecule has 0 unspecified atom stereocenters. The summed E-state index contributed by atoms with van der Waals surface area (Å²) in [7, 11) is -3.64. The highest BCUT2D eigenvalue weighted by molar-refractivity contribution is 7.89. The predicted molar refractivity (Wildman–Crippen MR) is 89.4 cm³/mol. The van der Waals surface area contributed by atoms with Crippen LogP contribution >= 0.6 is 0 Å². The molecule has 0 saturated carbocycles. The molecule has 0 bridgehead atoms. The molecule has 0 radical (unpaired) electrons. The van der Waals surface area contributed by atoms with E-state index >= 15 is 0 Å². The Kier molecular flexibility index (Phi) is 6.09. The van der Waals surface area contributed by atoms with Crippen molar-refractivity contribution in [2.24, 2.45) is 0 Å². The maximum atomic E-state index is 13.0. The number of carbonyl (C=O) groups excluding carboxylic acids is 1. The molecule has 1 aliphatic rings. The fraction of sp³-hybridized carbons (Fsp3) is 0.438. The van der Waals surface area contributed by atoms with Crippen LogP contribution in [0.1, 0.15) is 6.92 Å². The van der Waals surface area contributed by atoms with Gasteiger partial charge in [0.25, 0.3) is 0 Å². The molecule has 1 saturated heterocycles. The van der Waals surface area contributed by atoms with Crippen molar-refractivity contribution in [3.63, 3.8) is 0 Å². The lowest BCUT2D eigenvalue weighted by atomic mass is 10.2. The quantitative estimate of drug-likeness (QED) is 0.767. The first kappa shape index (κ1) is 18.6. The van der Waals surface area contributed by atoms with Gasteiger partial charge >= 0.3 is 0 Å². The number of hydrogen-bond acceptors (Lipinski definition) is 4. The van der Waals surface area contributed by atoms with Gasteiger partial charge in [0.1, 0.15) is 5.82 Å². The van der Waals surface area contributed by atoms with Crippen molar-refractivity contribution in [1.29, 1.82) is 0 Å². The second-order valence-corrected chi connectivity index (χ2v) is 7.54. The summed E-state index contributed by atoms with van der Waals surface area (Å²) in [5, 5.41) is 2.74. The summed E-state index contributed by atoms with van der Waals surface area (Å²) in [5.41, 5.74) is 0. The van der Waals surface area contributed by atoms with Crippen LogP contribution in [0.4, 0.5) is 4.39 Å². The number of amides is 1. The van der Waals surface area contributed by atoms with E-state index in [4.69, 9.17) is 0 Å². The second-order valence-electron chi connectivity index (χ2n) is 5.60. The van der Waals surface area contributed by atoms with Crippen molar-refractivity contribution in [2.45, 2.75) is 17.9 Å². The molecule has 1 heterocycles. The highest BCUT2D eigenvalue weighted by atomic mass is 32.2. The second kappa shape index (κ2) is 7.87. The molecule has 1 N–H and O–H groups in total. The molecule has 1 aliphatic heterocycles. The molecule has 1 amide bonds. The number of piperazine rings is 1. The molecule has 1 atom stereocenters. The zero-order valence-electron chi connectivity index (χ0n) is 13.6. The van der Waals surface area contributed by atoms with Crippen molar-refractivity contribution >= 4 is 15.9 Å². The molecule has 1 fully saturated rings. The van der Waals surface area contributed by atoms with Crippen LogP contribution in [0.3, 0.4) is 0 Å². The van der Waals surface area contributed by atoms with Crippen LogP contribution in [0.2, 0.25) is 0 Å². The summed E-state index contributed by atoms with van der Waals surface area (Å²) >= 11 is 0. The highest BCUT2D eigenvalue weighted by Crippen LogP contribution is 2.18. The molecular weight excluding hydrogens is 333 g/mol. The minimum absolute atomic E-state index is 0.0779. The highest BCUT2D eigenvalue weighted by Gasteiger charge is 2.31. The van der Waals surface area contributed by atoms with E-state index in [9.17, 15) is 17.6 Å². The first-order valence-corrected chi connectivity index (χ1v) is 9.18. The van der Waals surface area contributed by atoms with Gasteiger partial charge in [-0.05, 0) is 31.2 Å². The molecule has 0 spiro atoms. The van der Waals surface area contributed by atoms with Crippen molar-refractivity contribution < 1.29 is 17.6 Å². The molecule has 1 aromatic carbocycles. The van der Waals surface area contributed by atoms with Crippen LogP contribution in [0.5, 0.6) is 0 Å². The van der Waals surface area contributed by atoms with Crippen LogP contribution in [0, 0.1) is 5.82 Å². The largest absolute Gasteiger partial charge is 0.351 e. The van der Waals surface area contributed by atoms with Crippen molar-refractivity contribution in [3.8, 4) is 0 Å². The third-order valence-electron chi connectivity index (χ3n) is 4.07. The van der Waals surface area contributed by atoms with Gasteiger partial charge in [-0.1, -0.05) is 6.08 Å². The van der Waals surface area contributed by atoms with Crippen LogP contribution < -0.4 is 5.32 Å². The monoisotopic (exact) mass is 355 g/mol. The normalized spacial score (nSPS) is 18.1. The van der Waals surface area contributed by atoms with Gasteiger partial charge < -0.3 is 5.32 Å². The Bertz CT molecular complexity index is 683. The third kappa shape index (κ3) is 4.19. The minimum Gasteiger partial charge on any atom is -0.351 e. The molecule has 1 aromatic rings. The summed E-state index contributed by atoms with van der Waals surface area (Å²) in [6.45, 7) is 7.25. The molecule has 24 heavy (non-hydrogen) atoms. The van der Waals surface area contributed by atoms with Crippen LogP contribution in [-0.4, -0.2) is 62.3 Å². The Labute approximate surface area is 142 Å². The number of halogens is 1. The topological polar surface area (TPSA) is 69.7 Å². The van der Waals surface area contributed by atoms with Crippen LogP contribution in [0.25, 0.3) is 0 Å². The van der Waals surface area contributed by atoms with E-state index in [0.717, 1.165) is 12.1 Å².